The van der Waals surface area contributed by atoms with E-state index in [0.717, 1.165) is 20.0 Å². The quantitative estimate of drug-likeness (QED) is 0.500. The predicted molar refractivity (Wildman–Crippen MR) is 96.9 cm³/mol. The molecule has 0 atom stereocenters. The first kappa shape index (κ1) is 15.7. The van der Waals surface area contributed by atoms with Crippen LogP contribution in [0.2, 0.25) is 0 Å². The molecule has 0 N–H and O–H groups in total. The van der Waals surface area contributed by atoms with Gasteiger partial charge in [0.2, 0.25) is 0 Å². The Bertz CT molecular complexity index is 863. The van der Waals surface area contributed by atoms with Crippen LogP contribution in [-0.2, 0) is 0 Å². The molecule has 0 aliphatic rings. The van der Waals surface area contributed by atoms with Crippen molar-refractivity contribution in [1.29, 1.82) is 5.26 Å². The Labute approximate surface area is 147 Å². The summed E-state index contributed by atoms with van der Waals surface area (Å²) in [6.45, 7) is 0. The van der Waals surface area contributed by atoms with Gasteiger partial charge in [-0.2, -0.15) is 5.26 Å². The van der Waals surface area contributed by atoms with Gasteiger partial charge < -0.3 is 4.42 Å². The van der Waals surface area contributed by atoms with Crippen molar-refractivity contribution < 1.29 is 4.42 Å². The summed E-state index contributed by atoms with van der Waals surface area (Å²) in [5.74, 6) is 0.649. The van der Waals surface area contributed by atoms with Crippen LogP contribution in [0.25, 0.3) is 11.6 Å². The molecule has 0 radical (unpaired) electrons. The number of halogens is 1. The highest BCUT2D eigenvalue weighted by Gasteiger charge is 2.10. The van der Waals surface area contributed by atoms with E-state index in [2.05, 4.69) is 22.0 Å². The van der Waals surface area contributed by atoms with E-state index in [4.69, 9.17) is 4.42 Å². The molecule has 0 amide bonds. The number of nitriles is 1. The van der Waals surface area contributed by atoms with Crippen LogP contribution >= 0.6 is 27.7 Å². The predicted octanol–water partition coefficient (Wildman–Crippen LogP) is 6.26. The smallest absolute Gasteiger partial charge is 0.179 e. The fourth-order valence-corrected chi connectivity index (χ4v) is 3.40. The second-order valence-electron chi connectivity index (χ2n) is 4.74. The van der Waals surface area contributed by atoms with Crippen LogP contribution in [0, 0.1) is 11.3 Å². The molecule has 0 fully saturated rings. The van der Waals surface area contributed by atoms with Crippen LogP contribution in [0.3, 0.4) is 0 Å². The van der Waals surface area contributed by atoms with E-state index in [-0.39, 0.29) is 0 Å². The molecule has 0 aliphatic carbocycles. The minimum Gasteiger partial charge on any atom is -0.449 e. The highest BCUT2D eigenvalue weighted by molar-refractivity contribution is 9.10. The SMILES string of the molecule is N#C/C(=C\c1cc(Br)c(Sc2ccccc2)o1)c1ccccc1. The summed E-state index contributed by atoms with van der Waals surface area (Å²) in [6.07, 6.45) is 1.76. The molecule has 4 heteroatoms. The van der Waals surface area contributed by atoms with Crippen molar-refractivity contribution in [3.8, 4) is 6.07 Å². The summed E-state index contributed by atoms with van der Waals surface area (Å²) in [7, 11) is 0. The van der Waals surface area contributed by atoms with Crippen molar-refractivity contribution in [3.05, 3.63) is 82.5 Å². The minimum absolute atomic E-state index is 0.572. The fourth-order valence-electron chi connectivity index (χ4n) is 2.05. The Morgan fingerprint density at radius 1 is 1.04 bits per heavy atom. The van der Waals surface area contributed by atoms with Crippen LogP contribution in [0.5, 0.6) is 0 Å². The summed E-state index contributed by atoms with van der Waals surface area (Å²) in [5.41, 5.74) is 1.45. The monoisotopic (exact) mass is 381 g/mol. The van der Waals surface area contributed by atoms with Crippen molar-refractivity contribution in [2.24, 2.45) is 0 Å². The van der Waals surface area contributed by atoms with E-state index < -0.39 is 0 Å². The molecule has 23 heavy (non-hydrogen) atoms. The number of benzene rings is 2. The zero-order valence-electron chi connectivity index (χ0n) is 12.1. The molecule has 3 rings (SSSR count). The average molecular weight is 382 g/mol. The Morgan fingerprint density at radius 3 is 2.35 bits per heavy atom. The summed E-state index contributed by atoms with van der Waals surface area (Å²) in [5, 5.41) is 10.1. The molecule has 112 valence electrons. The Hall–Kier alpha value is -2.22. The Balaban J connectivity index is 1.88. The van der Waals surface area contributed by atoms with Crippen molar-refractivity contribution >= 4 is 39.3 Å². The first-order valence-electron chi connectivity index (χ1n) is 6.96. The van der Waals surface area contributed by atoms with Gasteiger partial charge in [-0.25, -0.2) is 0 Å². The first-order chi connectivity index (χ1) is 11.3. The lowest BCUT2D eigenvalue weighted by molar-refractivity contribution is 0.463. The molecule has 2 nitrogen and oxygen atoms in total. The molecular formula is C19H12BrNOS. The highest BCUT2D eigenvalue weighted by Crippen LogP contribution is 2.36. The number of nitrogens with zero attached hydrogens (tertiary/aromatic N) is 1. The first-order valence-corrected chi connectivity index (χ1v) is 8.56. The average Bonchev–Trinajstić information content (AvgIpc) is 2.94. The zero-order chi connectivity index (χ0) is 16.1. The van der Waals surface area contributed by atoms with E-state index in [1.54, 1.807) is 6.08 Å². The minimum atomic E-state index is 0.572. The molecule has 1 heterocycles. The molecular weight excluding hydrogens is 370 g/mol. The number of furan rings is 1. The summed E-state index contributed by atoms with van der Waals surface area (Å²) in [6, 6.07) is 23.7. The standard InChI is InChI=1S/C19H12BrNOS/c20-18-12-16(11-15(13-21)14-7-3-1-4-8-14)22-19(18)23-17-9-5-2-6-10-17/h1-12H/b15-11+. The molecule has 0 unspecified atom stereocenters. The van der Waals surface area contributed by atoms with E-state index in [9.17, 15) is 5.26 Å². The van der Waals surface area contributed by atoms with Gasteiger partial charge in [0.1, 0.15) is 5.76 Å². The Morgan fingerprint density at radius 2 is 1.70 bits per heavy atom. The highest BCUT2D eigenvalue weighted by atomic mass is 79.9. The number of hydrogen-bond donors (Lipinski definition) is 0. The largest absolute Gasteiger partial charge is 0.449 e. The van der Waals surface area contributed by atoms with Crippen LogP contribution < -0.4 is 0 Å². The van der Waals surface area contributed by atoms with Crippen LogP contribution in [0.4, 0.5) is 0 Å². The maximum Gasteiger partial charge on any atom is 0.179 e. The van der Waals surface area contributed by atoms with Gasteiger partial charge in [-0.15, -0.1) is 0 Å². The van der Waals surface area contributed by atoms with Crippen LogP contribution in [0.15, 0.2) is 85.6 Å². The number of hydrogen-bond acceptors (Lipinski definition) is 3. The van der Waals surface area contributed by atoms with Crippen molar-refractivity contribution in [2.45, 2.75) is 9.99 Å². The third kappa shape index (κ3) is 3.95. The van der Waals surface area contributed by atoms with Gasteiger partial charge in [-0.1, -0.05) is 60.3 Å². The number of rotatable bonds is 4. The van der Waals surface area contributed by atoms with Crippen molar-refractivity contribution in [2.75, 3.05) is 0 Å². The third-order valence-corrected chi connectivity index (χ3v) is 4.97. The van der Waals surface area contributed by atoms with Gasteiger partial charge in [0.25, 0.3) is 0 Å². The van der Waals surface area contributed by atoms with Crippen molar-refractivity contribution in [1.82, 2.24) is 0 Å². The second kappa shape index (κ2) is 7.36. The summed E-state index contributed by atoms with van der Waals surface area (Å²) in [4.78, 5) is 1.10. The maximum atomic E-state index is 9.38. The molecule has 0 saturated heterocycles. The molecule has 0 bridgehead atoms. The summed E-state index contributed by atoms with van der Waals surface area (Å²) >= 11 is 5.06. The van der Waals surface area contributed by atoms with Gasteiger partial charge in [0.05, 0.1) is 16.1 Å². The van der Waals surface area contributed by atoms with E-state index >= 15 is 0 Å². The molecule has 0 saturated carbocycles. The van der Waals surface area contributed by atoms with Gasteiger partial charge in [0.15, 0.2) is 5.09 Å². The van der Waals surface area contributed by atoms with Crippen LogP contribution in [0.1, 0.15) is 11.3 Å². The topological polar surface area (TPSA) is 36.9 Å². The molecule has 2 aromatic carbocycles. The molecule has 0 aliphatic heterocycles. The summed E-state index contributed by atoms with van der Waals surface area (Å²) < 4.78 is 6.74. The number of allylic oxidation sites excluding steroid dienone is 1. The lowest BCUT2D eigenvalue weighted by Crippen LogP contribution is -1.79. The second-order valence-corrected chi connectivity index (χ2v) is 6.64. The lowest BCUT2D eigenvalue weighted by atomic mass is 10.1. The molecule has 3 aromatic rings. The van der Waals surface area contributed by atoms with Gasteiger partial charge in [-0.3, -0.25) is 0 Å². The van der Waals surface area contributed by atoms with Crippen LogP contribution in [-0.4, -0.2) is 0 Å². The van der Waals surface area contributed by atoms with E-state index in [1.807, 2.05) is 66.7 Å². The van der Waals surface area contributed by atoms with Gasteiger partial charge >= 0.3 is 0 Å². The fraction of sp³-hybridized carbons (Fsp3) is 0. The van der Waals surface area contributed by atoms with Crippen molar-refractivity contribution in [3.63, 3.8) is 0 Å². The normalized spacial score (nSPS) is 11.2. The lowest BCUT2D eigenvalue weighted by Gasteiger charge is -1.98. The molecule has 1 aromatic heterocycles. The maximum absolute atomic E-state index is 9.38. The van der Waals surface area contributed by atoms with Gasteiger partial charge in [0, 0.05) is 4.90 Å². The Kier molecular flexibility index (Phi) is 5.02. The molecule has 0 spiro atoms. The van der Waals surface area contributed by atoms with Gasteiger partial charge in [-0.05, 0) is 45.8 Å². The third-order valence-electron chi connectivity index (χ3n) is 3.12. The zero-order valence-corrected chi connectivity index (χ0v) is 14.5. The van der Waals surface area contributed by atoms with E-state index in [1.165, 1.54) is 11.8 Å². The van der Waals surface area contributed by atoms with E-state index in [0.29, 0.717) is 11.3 Å².